The Labute approximate surface area is 135 Å². The SMILES string of the molecule is CCN1/C(=C/C=C\C(=O)c2ccccc2)Sc2ccccc21. The van der Waals surface area contributed by atoms with E-state index in [-0.39, 0.29) is 5.78 Å². The number of nitrogens with zero attached hydrogens (tertiary/aromatic N) is 1. The van der Waals surface area contributed by atoms with E-state index in [2.05, 4.69) is 36.1 Å². The van der Waals surface area contributed by atoms with Gasteiger partial charge in [0.2, 0.25) is 0 Å². The molecule has 0 bridgehead atoms. The molecule has 0 N–H and O–H groups in total. The Morgan fingerprint density at radius 2 is 1.82 bits per heavy atom. The van der Waals surface area contributed by atoms with Crippen molar-refractivity contribution in [1.29, 1.82) is 0 Å². The summed E-state index contributed by atoms with van der Waals surface area (Å²) in [7, 11) is 0. The first-order valence-electron chi connectivity index (χ1n) is 7.31. The van der Waals surface area contributed by atoms with Crippen molar-refractivity contribution in [3.05, 3.63) is 83.4 Å². The molecule has 2 nitrogen and oxygen atoms in total. The van der Waals surface area contributed by atoms with Gasteiger partial charge in [-0.3, -0.25) is 4.79 Å². The minimum atomic E-state index is 0.0287. The molecule has 110 valence electrons. The van der Waals surface area contributed by atoms with Crippen LogP contribution in [0.4, 0.5) is 5.69 Å². The Morgan fingerprint density at radius 1 is 1.09 bits per heavy atom. The van der Waals surface area contributed by atoms with Crippen LogP contribution in [-0.4, -0.2) is 12.3 Å². The summed E-state index contributed by atoms with van der Waals surface area (Å²) < 4.78 is 0. The summed E-state index contributed by atoms with van der Waals surface area (Å²) in [6.45, 7) is 3.05. The minimum absolute atomic E-state index is 0.0287. The number of rotatable bonds is 4. The van der Waals surface area contributed by atoms with Crippen LogP contribution in [-0.2, 0) is 0 Å². The molecule has 2 aromatic carbocycles. The summed E-state index contributed by atoms with van der Waals surface area (Å²) in [6, 6.07) is 17.7. The van der Waals surface area contributed by atoms with E-state index >= 15 is 0 Å². The van der Waals surface area contributed by atoms with Crippen molar-refractivity contribution < 1.29 is 4.79 Å². The maximum Gasteiger partial charge on any atom is 0.185 e. The molecular weight excluding hydrogens is 290 g/mol. The fraction of sp³-hybridized carbons (Fsp3) is 0.105. The van der Waals surface area contributed by atoms with E-state index in [9.17, 15) is 4.79 Å². The van der Waals surface area contributed by atoms with Crippen LogP contribution in [0.25, 0.3) is 0 Å². The molecule has 1 heterocycles. The molecular formula is C19H17NOS. The Morgan fingerprint density at radius 3 is 2.59 bits per heavy atom. The van der Waals surface area contributed by atoms with Crippen molar-refractivity contribution in [3.8, 4) is 0 Å². The first kappa shape index (κ1) is 14.7. The molecule has 0 atom stereocenters. The summed E-state index contributed by atoms with van der Waals surface area (Å²) in [4.78, 5) is 15.6. The quantitative estimate of drug-likeness (QED) is 0.592. The summed E-state index contributed by atoms with van der Waals surface area (Å²) in [5.74, 6) is 0.0287. The smallest absolute Gasteiger partial charge is 0.185 e. The number of hydrogen-bond acceptors (Lipinski definition) is 3. The topological polar surface area (TPSA) is 20.3 Å². The number of anilines is 1. The summed E-state index contributed by atoms with van der Waals surface area (Å²) in [5, 5.41) is 1.15. The van der Waals surface area contributed by atoms with Gasteiger partial charge in [-0.15, -0.1) is 0 Å². The zero-order chi connectivity index (χ0) is 15.4. The normalized spacial score (nSPS) is 15.5. The summed E-state index contributed by atoms with van der Waals surface area (Å²) in [6.07, 6.45) is 5.47. The fourth-order valence-electron chi connectivity index (χ4n) is 2.42. The Bertz CT molecular complexity index is 734. The lowest BCUT2D eigenvalue weighted by Gasteiger charge is -2.17. The lowest BCUT2D eigenvalue weighted by atomic mass is 10.1. The second kappa shape index (κ2) is 6.67. The first-order chi connectivity index (χ1) is 10.8. The number of para-hydroxylation sites is 1. The van der Waals surface area contributed by atoms with Gasteiger partial charge in [0.25, 0.3) is 0 Å². The molecule has 0 aliphatic carbocycles. The van der Waals surface area contributed by atoms with E-state index in [4.69, 9.17) is 0 Å². The minimum Gasteiger partial charge on any atom is -0.335 e. The van der Waals surface area contributed by atoms with Crippen LogP contribution in [0.3, 0.4) is 0 Å². The van der Waals surface area contributed by atoms with Crippen molar-refractivity contribution in [1.82, 2.24) is 0 Å². The summed E-state index contributed by atoms with van der Waals surface area (Å²) >= 11 is 1.74. The predicted molar refractivity (Wildman–Crippen MR) is 93.3 cm³/mol. The van der Waals surface area contributed by atoms with Crippen LogP contribution in [0.15, 0.2) is 82.7 Å². The number of hydrogen-bond donors (Lipinski definition) is 0. The third-order valence-corrected chi connectivity index (χ3v) is 4.63. The van der Waals surface area contributed by atoms with Gasteiger partial charge in [0.05, 0.1) is 10.7 Å². The molecule has 0 spiro atoms. The van der Waals surface area contributed by atoms with Crippen molar-refractivity contribution >= 4 is 23.2 Å². The first-order valence-corrected chi connectivity index (χ1v) is 8.13. The van der Waals surface area contributed by atoms with Crippen LogP contribution in [0, 0.1) is 0 Å². The van der Waals surface area contributed by atoms with E-state index in [1.165, 1.54) is 10.6 Å². The van der Waals surface area contributed by atoms with Gasteiger partial charge >= 0.3 is 0 Å². The van der Waals surface area contributed by atoms with Gasteiger partial charge in [-0.25, -0.2) is 0 Å². The number of allylic oxidation sites excluding steroid dienone is 3. The molecule has 22 heavy (non-hydrogen) atoms. The third-order valence-electron chi connectivity index (χ3n) is 3.50. The van der Waals surface area contributed by atoms with Crippen LogP contribution in [0.1, 0.15) is 17.3 Å². The van der Waals surface area contributed by atoms with E-state index < -0.39 is 0 Å². The predicted octanol–water partition coefficient (Wildman–Crippen LogP) is 4.90. The molecule has 0 saturated carbocycles. The summed E-state index contributed by atoms with van der Waals surface area (Å²) in [5.41, 5.74) is 1.95. The van der Waals surface area contributed by atoms with Gasteiger partial charge in [-0.2, -0.15) is 0 Å². The van der Waals surface area contributed by atoms with Crippen molar-refractivity contribution in [2.24, 2.45) is 0 Å². The highest BCUT2D eigenvalue weighted by Crippen LogP contribution is 2.45. The number of ketones is 1. The number of carbonyl (C=O) groups is 1. The van der Waals surface area contributed by atoms with Gasteiger partial charge in [-0.05, 0) is 31.2 Å². The Hall–Kier alpha value is -2.26. The molecule has 0 unspecified atom stereocenters. The maximum absolute atomic E-state index is 12.1. The van der Waals surface area contributed by atoms with Crippen LogP contribution in [0.5, 0.6) is 0 Å². The maximum atomic E-state index is 12.1. The molecule has 1 aliphatic heterocycles. The zero-order valence-corrected chi connectivity index (χ0v) is 13.2. The van der Waals surface area contributed by atoms with Crippen LogP contribution in [0.2, 0.25) is 0 Å². The van der Waals surface area contributed by atoms with Crippen molar-refractivity contribution in [3.63, 3.8) is 0 Å². The molecule has 0 fully saturated rings. The average Bonchev–Trinajstić information content (AvgIpc) is 2.93. The Balaban J connectivity index is 1.76. The molecule has 0 aromatic heterocycles. The Kier molecular flexibility index (Phi) is 4.45. The largest absolute Gasteiger partial charge is 0.335 e. The van der Waals surface area contributed by atoms with E-state index in [1.807, 2.05) is 42.5 Å². The third kappa shape index (κ3) is 3.00. The van der Waals surface area contributed by atoms with E-state index in [0.29, 0.717) is 5.56 Å². The average molecular weight is 307 g/mol. The van der Waals surface area contributed by atoms with Crippen LogP contribution < -0.4 is 4.90 Å². The zero-order valence-electron chi connectivity index (χ0n) is 12.4. The standard InChI is InChI=1S/C19H17NOS/c1-2-20-16-11-6-7-13-18(16)22-19(20)14-8-12-17(21)15-9-4-3-5-10-15/h3-14H,2H2,1H3/b12-8-,19-14-. The second-order valence-electron chi connectivity index (χ2n) is 4.91. The number of benzene rings is 2. The molecule has 3 rings (SSSR count). The lowest BCUT2D eigenvalue weighted by Crippen LogP contribution is -2.16. The van der Waals surface area contributed by atoms with Crippen molar-refractivity contribution in [2.75, 3.05) is 11.4 Å². The van der Waals surface area contributed by atoms with Gasteiger partial charge in [-0.1, -0.05) is 60.3 Å². The lowest BCUT2D eigenvalue weighted by molar-refractivity contribution is 0.104. The molecule has 0 amide bonds. The van der Waals surface area contributed by atoms with Crippen LogP contribution >= 0.6 is 11.8 Å². The van der Waals surface area contributed by atoms with E-state index in [1.54, 1.807) is 17.8 Å². The number of carbonyl (C=O) groups excluding carboxylic acids is 1. The fourth-order valence-corrected chi connectivity index (χ4v) is 3.56. The molecule has 2 aromatic rings. The highest BCUT2D eigenvalue weighted by Gasteiger charge is 2.22. The number of fused-ring (bicyclic) bond motifs is 1. The highest BCUT2D eigenvalue weighted by molar-refractivity contribution is 8.03. The molecule has 1 aliphatic rings. The molecule has 0 saturated heterocycles. The van der Waals surface area contributed by atoms with Gasteiger partial charge in [0.1, 0.15) is 0 Å². The number of thioether (sulfide) groups is 1. The molecule has 3 heteroatoms. The van der Waals surface area contributed by atoms with E-state index in [0.717, 1.165) is 11.6 Å². The monoisotopic (exact) mass is 307 g/mol. The van der Waals surface area contributed by atoms with Gasteiger partial charge < -0.3 is 4.90 Å². The highest BCUT2D eigenvalue weighted by atomic mass is 32.2. The van der Waals surface area contributed by atoms with Gasteiger partial charge in [0.15, 0.2) is 5.78 Å². The van der Waals surface area contributed by atoms with Gasteiger partial charge in [0, 0.05) is 17.0 Å². The van der Waals surface area contributed by atoms with Crippen molar-refractivity contribution in [2.45, 2.75) is 11.8 Å². The second-order valence-corrected chi connectivity index (χ2v) is 5.97. The molecule has 0 radical (unpaired) electrons.